The highest BCUT2D eigenvalue weighted by atomic mass is 32.2. The Labute approximate surface area is 98.7 Å². The molecule has 0 saturated carbocycles. The number of pyridine rings is 1. The van der Waals surface area contributed by atoms with Crippen molar-refractivity contribution >= 4 is 11.8 Å². The van der Waals surface area contributed by atoms with Crippen molar-refractivity contribution in [1.82, 2.24) is 15.0 Å². The van der Waals surface area contributed by atoms with Gasteiger partial charge < -0.3 is 10.7 Å². The molecule has 0 unspecified atom stereocenters. The van der Waals surface area contributed by atoms with Crippen LogP contribution < -0.4 is 5.73 Å². The lowest BCUT2D eigenvalue weighted by molar-refractivity contribution is 0.916. The molecule has 0 aliphatic heterocycles. The zero-order valence-electron chi connectivity index (χ0n) is 9.32. The molecule has 2 rings (SSSR count). The number of nitrogens with one attached hydrogen (secondary N) is 1. The van der Waals surface area contributed by atoms with E-state index >= 15 is 0 Å². The van der Waals surface area contributed by atoms with Gasteiger partial charge >= 0.3 is 0 Å². The molecule has 2 aromatic rings. The summed E-state index contributed by atoms with van der Waals surface area (Å²) >= 11 is 1.52. The minimum atomic E-state index is 0.502. The van der Waals surface area contributed by atoms with Gasteiger partial charge in [-0.05, 0) is 37.2 Å². The quantitative estimate of drug-likeness (QED) is 0.852. The molecule has 5 heteroatoms. The normalized spacial score (nSPS) is 10.7. The van der Waals surface area contributed by atoms with Crippen molar-refractivity contribution in [1.29, 1.82) is 0 Å². The second-order valence-electron chi connectivity index (χ2n) is 3.56. The summed E-state index contributed by atoms with van der Waals surface area (Å²) in [6.45, 7) is 4.55. The average Bonchev–Trinajstić information content (AvgIpc) is 2.70. The first-order valence-electron chi connectivity index (χ1n) is 5.05. The second-order valence-corrected chi connectivity index (χ2v) is 4.54. The first kappa shape index (κ1) is 11.2. The summed E-state index contributed by atoms with van der Waals surface area (Å²) in [4.78, 5) is 11.7. The average molecular weight is 234 g/mol. The molecule has 0 fully saturated rings. The summed E-state index contributed by atoms with van der Waals surface area (Å²) in [5.41, 5.74) is 9.02. The fourth-order valence-electron chi connectivity index (χ4n) is 1.56. The smallest absolute Gasteiger partial charge is 0.171 e. The summed E-state index contributed by atoms with van der Waals surface area (Å²) in [6, 6.07) is 2.05. The maximum atomic E-state index is 5.75. The first-order valence-corrected chi connectivity index (χ1v) is 5.86. The molecule has 0 saturated heterocycles. The SMILES string of the molecule is Cc1cc(C)c(CN)c(Sc2ncc[nH]2)n1. The van der Waals surface area contributed by atoms with E-state index in [4.69, 9.17) is 5.73 Å². The summed E-state index contributed by atoms with van der Waals surface area (Å²) in [7, 11) is 0. The van der Waals surface area contributed by atoms with Gasteiger partial charge in [-0.15, -0.1) is 0 Å². The van der Waals surface area contributed by atoms with Gasteiger partial charge in [0.05, 0.1) is 0 Å². The van der Waals surface area contributed by atoms with Gasteiger partial charge in [-0.2, -0.15) is 0 Å². The van der Waals surface area contributed by atoms with Crippen LogP contribution in [0.1, 0.15) is 16.8 Å². The van der Waals surface area contributed by atoms with Crippen molar-refractivity contribution in [3.63, 3.8) is 0 Å². The predicted molar refractivity (Wildman–Crippen MR) is 64.3 cm³/mol. The zero-order valence-corrected chi connectivity index (χ0v) is 10.1. The maximum Gasteiger partial charge on any atom is 0.171 e. The molecule has 0 bridgehead atoms. The van der Waals surface area contributed by atoms with Crippen LogP contribution in [0.3, 0.4) is 0 Å². The standard InChI is InChI=1S/C11H14N4S/c1-7-5-8(2)15-10(9(7)6-12)16-11-13-3-4-14-11/h3-5H,6,12H2,1-2H3,(H,13,14). The van der Waals surface area contributed by atoms with Gasteiger partial charge in [0.15, 0.2) is 5.16 Å². The van der Waals surface area contributed by atoms with E-state index in [1.54, 1.807) is 12.4 Å². The predicted octanol–water partition coefficient (Wildman–Crippen LogP) is 2.03. The largest absolute Gasteiger partial charge is 0.339 e. The highest BCUT2D eigenvalue weighted by Gasteiger charge is 2.10. The van der Waals surface area contributed by atoms with Crippen LogP contribution in [-0.4, -0.2) is 15.0 Å². The van der Waals surface area contributed by atoms with Gasteiger partial charge in [-0.25, -0.2) is 9.97 Å². The van der Waals surface area contributed by atoms with Gasteiger partial charge in [0.2, 0.25) is 0 Å². The monoisotopic (exact) mass is 234 g/mol. The zero-order chi connectivity index (χ0) is 11.5. The van der Waals surface area contributed by atoms with Gasteiger partial charge in [-0.3, -0.25) is 0 Å². The second kappa shape index (κ2) is 4.67. The number of H-pyrrole nitrogens is 1. The van der Waals surface area contributed by atoms with E-state index < -0.39 is 0 Å². The lowest BCUT2D eigenvalue weighted by Gasteiger charge is -2.09. The highest BCUT2D eigenvalue weighted by molar-refractivity contribution is 7.99. The number of hydrogen-bond donors (Lipinski definition) is 2. The van der Waals surface area contributed by atoms with E-state index in [1.807, 2.05) is 13.0 Å². The number of imidazole rings is 1. The van der Waals surface area contributed by atoms with Crippen LogP contribution in [0, 0.1) is 13.8 Å². The Kier molecular flexibility index (Phi) is 3.26. The molecule has 0 aromatic carbocycles. The first-order chi connectivity index (χ1) is 7.70. The van der Waals surface area contributed by atoms with Crippen molar-refractivity contribution in [3.8, 4) is 0 Å². The van der Waals surface area contributed by atoms with Crippen molar-refractivity contribution in [2.24, 2.45) is 5.73 Å². The highest BCUT2D eigenvalue weighted by Crippen LogP contribution is 2.28. The Hall–Kier alpha value is -1.33. The van der Waals surface area contributed by atoms with Gasteiger partial charge in [0.1, 0.15) is 5.03 Å². The van der Waals surface area contributed by atoms with Crippen LogP contribution in [-0.2, 0) is 6.54 Å². The number of rotatable bonds is 3. The third-order valence-electron chi connectivity index (χ3n) is 2.31. The molecule has 2 heterocycles. The molecule has 0 aliphatic rings. The Bertz CT molecular complexity index is 479. The maximum absolute atomic E-state index is 5.75. The van der Waals surface area contributed by atoms with Gasteiger partial charge in [-0.1, -0.05) is 0 Å². The van der Waals surface area contributed by atoms with Crippen LogP contribution in [0.5, 0.6) is 0 Å². The van der Waals surface area contributed by atoms with Crippen molar-refractivity contribution < 1.29 is 0 Å². The Morgan fingerprint density at radius 2 is 2.25 bits per heavy atom. The number of aromatic nitrogens is 3. The number of hydrogen-bond acceptors (Lipinski definition) is 4. The molecular weight excluding hydrogens is 220 g/mol. The Morgan fingerprint density at radius 3 is 2.88 bits per heavy atom. The minimum absolute atomic E-state index is 0.502. The number of aryl methyl sites for hydroxylation is 2. The Balaban J connectivity index is 2.39. The number of nitrogens with zero attached hydrogens (tertiary/aromatic N) is 2. The summed E-state index contributed by atoms with van der Waals surface area (Å²) in [6.07, 6.45) is 3.53. The summed E-state index contributed by atoms with van der Waals surface area (Å²) < 4.78 is 0. The molecule has 3 N–H and O–H groups in total. The van der Waals surface area contributed by atoms with Crippen molar-refractivity contribution in [2.45, 2.75) is 30.6 Å². The van der Waals surface area contributed by atoms with Crippen LogP contribution in [0.4, 0.5) is 0 Å². The van der Waals surface area contributed by atoms with Gasteiger partial charge in [0, 0.05) is 30.2 Å². The van der Waals surface area contributed by atoms with E-state index in [0.717, 1.165) is 21.4 Å². The Morgan fingerprint density at radius 1 is 1.44 bits per heavy atom. The molecule has 0 atom stereocenters. The van der Waals surface area contributed by atoms with Crippen LogP contribution in [0.15, 0.2) is 28.6 Å². The van der Waals surface area contributed by atoms with E-state index in [-0.39, 0.29) is 0 Å². The van der Waals surface area contributed by atoms with E-state index in [0.29, 0.717) is 6.54 Å². The molecule has 4 nitrogen and oxygen atoms in total. The molecule has 84 valence electrons. The third kappa shape index (κ3) is 2.25. The number of nitrogens with two attached hydrogens (primary N) is 1. The molecule has 0 aliphatic carbocycles. The lowest BCUT2D eigenvalue weighted by atomic mass is 10.1. The molecular formula is C11H14N4S. The lowest BCUT2D eigenvalue weighted by Crippen LogP contribution is -2.04. The molecule has 16 heavy (non-hydrogen) atoms. The van der Waals surface area contributed by atoms with Crippen molar-refractivity contribution in [3.05, 3.63) is 35.3 Å². The van der Waals surface area contributed by atoms with Crippen LogP contribution in [0.2, 0.25) is 0 Å². The van der Waals surface area contributed by atoms with E-state index in [1.165, 1.54) is 17.3 Å². The fraction of sp³-hybridized carbons (Fsp3) is 0.273. The minimum Gasteiger partial charge on any atom is -0.339 e. The third-order valence-corrected chi connectivity index (χ3v) is 3.26. The van der Waals surface area contributed by atoms with Crippen LogP contribution >= 0.6 is 11.8 Å². The molecule has 0 radical (unpaired) electrons. The van der Waals surface area contributed by atoms with Gasteiger partial charge in [0.25, 0.3) is 0 Å². The topological polar surface area (TPSA) is 67.6 Å². The van der Waals surface area contributed by atoms with E-state index in [2.05, 4.69) is 21.9 Å². The van der Waals surface area contributed by atoms with Crippen LogP contribution in [0.25, 0.3) is 0 Å². The molecule has 0 amide bonds. The van der Waals surface area contributed by atoms with E-state index in [9.17, 15) is 0 Å². The summed E-state index contributed by atoms with van der Waals surface area (Å²) in [5, 5.41) is 1.78. The number of aromatic amines is 1. The van der Waals surface area contributed by atoms with Crippen molar-refractivity contribution in [2.75, 3.05) is 0 Å². The molecule has 0 spiro atoms. The summed E-state index contributed by atoms with van der Waals surface area (Å²) in [5.74, 6) is 0. The molecule has 2 aromatic heterocycles. The fourth-order valence-corrected chi connectivity index (χ4v) is 2.54.